The standard InChI is InChI=1S/C11H21Cl/c1-4-8(2)7-10-5-6-11(12)9(10)3/h8-11H,4-7H2,1-3H3. The maximum Gasteiger partial charge on any atom is 0.0364 e. The second kappa shape index (κ2) is 4.50. The summed E-state index contributed by atoms with van der Waals surface area (Å²) in [7, 11) is 0. The minimum Gasteiger partial charge on any atom is -0.123 e. The van der Waals surface area contributed by atoms with E-state index in [1.807, 2.05) is 0 Å². The highest BCUT2D eigenvalue weighted by Crippen LogP contribution is 2.39. The maximum absolute atomic E-state index is 6.18. The third kappa shape index (κ3) is 2.39. The maximum atomic E-state index is 6.18. The van der Waals surface area contributed by atoms with E-state index in [4.69, 9.17) is 11.6 Å². The van der Waals surface area contributed by atoms with E-state index < -0.39 is 0 Å². The summed E-state index contributed by atoms with van der Waals surface area (Å²) in [4.78, 5) is 0. The van der Waals surface area contributed by atoms with Crippen LogP contribution >= 0.6 is 11.6 Å². The molecule has 1 saturated carbocycles. The third-order valence-corrected chi connectivity index (χ3v) is 4.15. The van der Waals surface area contributed by atoms with Gasteiger partial charge >= 0.3 is 0 Å². The van der Waals surface area contributed by atoms with E-state index in [2.05, 4.69) is 20.8 Å². The Morgan fingerprint density at radius 2 is 2.08 bits per heavy atom. The first-order valence-electron chi connectivity index (χ1n) is 5.29. The van der Waals surface area contributed by atoms with Gasteiger partial charge in [-0.15, -0.1) is 11.6 Å². The predicted octanol–water partition coefficient (Wildman–Crippen LogP) is 4.08. The molecule has 0 spiro atoms. The number of hydrogen-bond donors (Lipinski definition) is 0. The summed E-state index contributed by atoms with van der Waals surface area (Å²) in [6, 6.07) is 0. The lowest BCUT2D eigenvalue weighted by atomic mass is 9.87. The largest absolute Gasteiger partial charge is 0.123 e. The van der Waals surface area contributed by atoms with Gasteiger partial charge in [-0.1, -0.05) is 27.2 Å². The molecule has 1 aliphatic carbocycles. The van der Waals surface area contributed by atoms with Crippen LogP contribution in [-0.4, -0.2) is 5.38 Å². The van der Waals surface area contributed by atoms with Gasteiger partial charge < -0.3 is 0 Å². The lowest BCUT2D eigenvalue weighted by molar-refractivity contribution is 0.327. The molecule has 0 aromatic rings. The monoisotopic (exact) mass is 188 g/mol. The van der Waals surface area contributed by atoms with Crippen molar-refractivity contribution in [3.8, 4) is 0 Å². The van der Waals surface area contributed by atoms with Crippen molar-refractivity contribution < 1.29 is 0 Å². The lowest BCUT2D eigenvalue weighted by Gasteiger charge is -2.20. The SMILES string of the molecule is CCC(C)CC1CCC(Cl)C1C. The zero-order valence-corrected chi connectivity index (χ0v) is 9.27. The summed E-state index contributed by atoms with van der Waals surface area (Å²) in [5, 5.41) is 0.457. The van der Waals surface area contributed by atoms with E-state index in [1.165, 1.54) is 25.7 Å². The molecule has 1 aliphatic rings. The molecule has 0 aliphatic heterocycles. The summed E-state index contributed by atoms with van der Waals surface area (Å²) in [6.45, 7) is 6.95. The van der Waals surface area contributed by atoms with E-state index >= 15 is 0 Å². The number of alkyl halides is 1. The minimum absolute atomic E-state index is 0.457. The Balaban J connectivity index is 2.33. The highest BCUT2D eigenvalue weighted by Gasteiger charge is 2.31. The van der Waals surface area contributed by atoms with Crippen molar-refractivity contribution >= 4 is 11.6 Å². The summed E-state index contributed by atoms with van der Waals surface area (Å²) >= 11 is 6.18. The van der Waals surface area contributed by atoms with Gasteiger partial charge in [0.2, 0.25) is 0 Å². The van der Waals surface area contributed by atoms with Gasteiger partial charge in [-0.05, 0) is 37.0 Å². The molecule has 4 unspecified atom stereocenters. The van der Waals surface area contributed by atoms with E-state index in [0.29, 0.717) is 5.38 Å². The Bertz CT molecular complexity index is 133. The Hall–Kier alpha value is 0.290. The fourth-order valence-electron chi connectivity index (χ4n) is 2.21. The summed E-state index contributed by atoms with van der Waals surface area (Å²) in [5.41, 5.74) is 0. The van der Waals surface area contributed by atoms with Gasteiger partial charge in [-0.2, -0.15) is 0 Å². The second-order valence-electron chi connectivity index (χ2n) is 4.46. The van der Waals surface area contributed by atoms with Crippen molar-refractivity contribution in [2.75, 3.05) is 0 Å². The quantitative estimate of drug-likeness (QED) is 0.586. The van der Waals surface area contributed by atoms with Crippen LogP contribution in [0.3, 0.4) is 0 Å². The van der Waals surface area contributed by atoms with Gasteiger partial charge in [0.25, 0.3) is 0 Å². The van der Waals surface area contributed by atoms with Gasteiger partial charge in [-0.3, -0.25) is 0 Å². The fourth-order valence-corrected chi connectivity index (χ4v) is 2.54. The zero-order chi connectivity index (χ0) is 9.14. The highest BCUT2D eigenvalue weighted by molar-refractivity contribution is 6.20. The smallest absolute Gasteiger partial charge is 0.0364 e. The van der Waals surface area contributed by atoms with Crippen LogP contribution in [-0.2, 0) is 0 Å². The van der Waals surface area contributed by atoms with Crippen LogP contribution in [0.2, 0.25) is 0 Å². The molecule has 12 heavy (non-hydrogen) atoms. The third-order valence-electron chi connectivity index (χ3n) is 3.53. The molecule has 1 fully saturated rings. The Morgan fingerprint density at radius 3 is 2.50 bits per heavy atom. The number of rotatable bonds is 3. The first kappa shape index (κ1) is 10.4. The summed E-state index contributed by atoms with van der Waals surface area (Å²) in [5.74, 6) is 2.54. The molecule has 0 amide bonds. The molecule has 0 nitrogen and oxygen atoms in total. The zero-order valence-electron chi connectivity index (χ0n) is 8.52. The Morgan fingerprint density at radius 1 is 1.42 bits per heavy atom. The van der Waals surface area contributed by atoms with Gasteiger partial charge in [-0.25, -0.2) is 0 Å². The first-order valence-corrected chi connectivity index (χ1v) is 5.72. The molecule has 0 bridgehead atoms. The lowest BCUT2D eigenvalue weighted by Crippen LogP contribution is -2.13. The van der Waals surface area contributed by atoms with Crippen molar-refractivity contribution in [2.45, 2.75) is 51.8 Å². The van der Waals surface area contributed by atoms with Gasteiger partial charge in [0, 0.05) is 5.38 Å². The number of halogens is 1. The van der Waals surface area contributed by atoms with E-state index in [-0.39, 0.29) is 0 Å². The fraction of sp³-hybridized carbons (Fsp3) is 1.00. The van der Waals surface area contributed by atoms with Crippen molar-refractivity contribution in [1.82, 2.24) is 0 Å². The average molecular weight is 189 g/mol. The molecule has 4 atom stereocenters. The Kier molecular flexibility index (Phi) is 3.89. The molecule has 1 rings (SSSR count). The van der Waals surface area contributed by atoms with Crippen LogP contribution in [0.25, 0.3) is 0 Å². The molecular formula is C11H21Cl. The molecule has 0 N–H and O–H groups in total. The molecule has 0 heterocycles. The minimum atomic E-state index is 0.457. The molecule has 0 aromatic heterocycles. The predicted molar refractivity (Wildman–Crippen MR) is 55.6 cm³/mol. The molecule has 72 valence electrons. The summed E-state index contributed by atoms with van der Waals surface area (Å²) in [6.07, 6.45) is 5.31. The Labute approximate surface area is 81.7 Å². The van der Waals surface area contributed by atoms with Crippen molar-refractivity contribution in [1.29, 1.82) is 0 Å². The van der Waals surface area contributed by atoms with Crippen molar-refractivity contribution in [3.63, 3.8) is 0 Å². The summed E-state index contributed by atoms with van der Waals surface area (Å²) < 4.78 is 0. The molecule has 0 aromatic carbocycles. The molecule has 0 radical (unpaired) electrons. The first-order chi connectivity index (χ1) is 5.65. The van der Waals surface area contributed by atoms with Crippen molar-refractivity contribution in [3.05, 3.63) is 0 Å². The molecule has 1 heteroatoms. The molecule has 0 saturated heterocycles. The van der Waals surface area contributed by atoms with Crippen LogP contribution in [0.4, 0.5) is 0 Å². The van der Waals surface area contributed by atoms with Crippen LogP contribution in [0.5, 0.6) is 0 Å². The van der Waals surface area contributed by atoms with E-state index in [9.17, 15) is 0 Å². The topological polar surface area (TPSA) is 0 Å². The van der Waals surface area contributed by atoms with Gasteiger partial charge in [0.05, 0.1) is 0 Å². The van der Waals surface area contributed by atoms with Gasteiger partial charge in [0.15, 0.2) is 0 Å². The molecular weight excluding hydrogens is 168 g/mol. The second-order valence-corrected chi connectivity index (χ2v) is 5.02. The highest BCUT2D eigenvalue weighted by atomic mass is 35.5. The number of hydrogen-bond acceptors (Lipinski definition) is 0. The van der Waals surface area contributed by atoms with Crippen LogP contribution in [0, 0.1) is 17.8 Å². The van der Waals surface area contributed by atoms with Crippen LogP contribution in [0.1, 0.15) is 46.5 Å². The van der Waals surface area contributed by atoms with E-state index in [1.54, 1.807) is 0 Å². The van der Waals surface area contributed by atoms with E-state index in [0.717, 1.165) is 17.8 Å². The normalized spacial score (nSPS) is 38.5. The average Bonchev–Trinajstić information content (AvgIpc) is 2.36. The van der Waals surface area contributed by atoms with Crippen LogP contribution < -0.4 is 0 Å². The van der Waals surface area contributed by atoms with Crippen LogP contribution in [0.15, 0.2) is 0 Å². The van der Waals surface area contributed by atoms with Gasteiger partial charge in [0.1, 0.15) is 0 Å². The van der Waals surface area contributed by atoms with Crippen molar-refractivity contribution in [2.24, 2.45) is 17.8 Å².